The van der Waals surface area contributed by atoms with E-state index in [-0.39, 0.29) is 5.91 Å². The zero-order valence-corrected chi connectivity index (χ0v) is 15.4. The van der Waals surface area contributed by atoms with Crippen LogP contribution in [0.2, 0.25) is 0 Å². The molecule has 5 heteroatoms. The minimum absolute atomic E-state index is 0.00215. The van der Waals surface area contributed by atoms with Gasteiger partial charge in [0.1, 0.15) is 0 Å². The predicted octanol–water partition coefficient (Wildman–Crippen LogP) is 2.23. The van der Waals surface area contributed by atoms with Gasteiger partial charge in [0.15, 0.2) is 0 Å². The molecule has 1 aromatic carbocycles. The number of rotatable bonds is 7. The van der Waals surface area contributed by atoms with Gasteiger partial charge in [0.05, 0.1) is 13.2 Å². The van der Waals surface area contributed by atoms with Crippen molar-refractivity contribution >= 4 is 11.6 Å². The number of nitrogens with zero attached hydrogens (tertiary/aromatic N) is 2. The molecule has 134 valence electrons. The normalized spacial score (nSPS) is 16.9. The Balaban J connectivity index is 1.93. The largest absolute Gasteiger partial charge is 0.379 e. The summed E-state index contributed by atoms with van der Waals surface area (Å²) in [5, 5.41) is 3.12. The van der Waals surface area contributed by atoms with E-state index in [9.17, 15) is 4.79 Å². The second-order valence-electron chi connectivity index (χ2n) is 7.08. The number of anilines is 1. The minimum Gasteiger partial charge on any atom is -0.379 e. The molecule has 1 aliphatic heterocycles. The third-order valence-electron chi connectivity index (χ3n) is 4.45. The molecule has 1 fully saturated rings. The number of carbonyl (C=O) groups excluding carboxylic acids is 1. The topological polar surface area (TPSA) is 44.8 Å². The van der Waals surface area contributed by atoms with Crippen molar-refractivity contribution in [2.24, 2.45) is 5.92 Å². The van der Waals surface area contributed by atoms with Gasteiger partial charge in [-0.3, -0.25) is 9.69 Å². The zero-order valence-electron chi connectivity index (χ0n) is 15.4. The van der Waals surface area contributed by atoms with E-state index in [0.717, 1.165) is 38.4 Å². The van der Waals surface area contributed by atoms with Gasteiger partial charge >= 0.3 is 0 Å². The summed E-state index contributed by atoms with van der Waals surface area (Å²) in [7, 11) is 3.99. The Labute approximate surface area is 146 Å². The van der Waals surface area contributed by atoms with Crippen LogP contribution >= 0.6 is 0 Å². The lowest BCUT2D eigenvalue weighted by atomic mass is 10.0. The summed E-state index contributed by atoms with van der Waals surface area (Å²) in [6.07, 6.45) is 1.08. The molecule has 0 spiro atoms. The lowest BCUT2D eigenvalue weighted by Gasteiger charge is -2.35. The van der Waals surface area contributed by atoms with Crippen LogP contribution in [0.1, 0.15) is 30.6 Å². The van der Waals surface area contributed by atoms with Crippen molar-refractivity contribution in [1.82, 2.24) is 10.2 Å². The van der Waals surface area contributed by atoms with Crippen LogP contribution in [-0.4, -0.2) is 63.8 Å². The molecular weight excluding hydrogens is 302 g/mol. The van der Waals surface area contributed by atoms with Crippen LogP contribution in [0, 0.1) is 5.92 Å². The molecule has 0 aliphatic carbocycles. The third kappa shape index (κ3) is 5.49. The van der Waals surface area contributed by atoms with E-state index >= 15 is 0 Å². The molecule has 24 heavy (non-hydrogen) atoms. The van der Waals surface area contributed by atoms with Crippen LogP contribution in [0.15, 0.2) is 24.3 Å². The van der Waals surface area contributed by atoms with Gasteiger partial charge in [0.25, 0.3) is 5.91 Å². The maximum absolute atomic E-state index is 12.4. The summed E-state index contributed by atoms with van der Waals surface area (Å²) in [6.45, 7) is 8.62. The smallest absolute Gasteiger partial charge is 0.251 e. The van der Waals surface area contributed by atoms with Crippen LogP contribution < -0.4 is 10.2 Å². The standard InChI is InChI=1S/C19H31N3O2/c1-15(2)13-18(22-9-11-24-12-10-22)14-20-19(23)16-5-7-17(8-6-16)21(3)4/h5-8,15,18H,9-14H2,1-4H3,(H,20,23). The first-order chi connectivity index (χ1) is 11.5. The molecule has 2 rings (SSSR count). The van der Waals surface area contributed by atoms with E-state index < -0.39 is 0 Å². The predicted molar refractivity (Wildman–Crippen MR) is 98.7 cm³/mol. The number of hydrogen-bond acceptors (Lipinski definition) is 4. The van der Waals surface area contributed by atoms with E-state index in [2.05, 4.69) is 24.1 Å². The van der Waals surface area contributed by atoms with Crippen molar-refractivity contribution in [2.75, 3.05) is 51.8 Å². The Morgan fingerprint density at radius 1 is 1.21 bits per heavy atom. The summed E-state index contributed by atoms with van der Waals surface area (Å²) in [6, 6.07) is 8.09. The van der Waals surface area contributed by atoms with Crippen molar-refractivity contribution in [3.8, 4) is 0 Å². The first kappa shape index (κ1) is 18.7. The molecule has 1 unspecified atom stereocenters. The first-order valence-corrected chi connectivity index (χ1v) is 8.84. The Hall–Kier alpha value is -1.59. The van der Waals surface area contributed by atoms with Crippen LogP contribution in [-0.2, 0) is 4.74 Å². The Kier molecular flexibility index (Phi) is 7.06. The van der Waals surface area contributed by atoms with Gasteiger partial charge in [-0.25, -0.2) is 0 Å². The molecule has 1 heterocycles. The lowest BCUT2D eigenvalue weighted by molar-refractivity contribution is 0.0124. The Morgan fingerprint density at radius 2 is 1.83 bits per heavy atom. The van der Waals surface area contributed by atoms with E-state index in [1.807, 2.05) is 43.3 Å². The average molecular weight is 333 g/mol. The van der Waals surface area contributed by atoms with Crippen molar-refractivity contribution in [1.29, 1.82) is 0 Å². The SMILES string of the molecule is CC(C)CC(CNC(=O)c1ccc(N(C)C)cc1)N1CCOCC1. The number of ether oxygens (including phenoxy) is 1. The second-order valence-corrected chi connectivity index (χ2v) is 7.08. The van der Waals surface area contributed by atoms with E-state index in [4.69, 9.17) is 4.74 Å². The van der Waals surface area contributed by atoms with Crippen molar-refractivity contribution in [3.05, 3.63) is 29.8 Å². The molecule has 0 radical (unpaired) electrons. The number of morpholine rings is 1. The number of amides is 1. The first-order valence-electron chi connectivity index (χ1n) is 8.84. The van der Waals surface area contributed by atoms with Gasteiger partial charge in [-0.05, 0) is 36.6 Å². The van der Waals surface area contributed by atoms with Gasteiger partial charge in [-0.15, -0.1) is 0 Å². The quantitative estimate of drug-likeness (QED) is 0.831. The summed E-state index contributed by atoms with van der Waals surface area (Å²) < 4.78 is 5.45. The van der Waals surface area contributed by atoms with Crippen molar-refractivity contribution < 1.29 is 9.53 Å². The summed E-state index contributed by atoms with van der Waals surface area (Å²) in [5.41, 5.74) is 1.81. The fourth-order valence-corrected chi connectivity index (χ4v) is 3.07. The number of carbonyl (C=O) groups is 1. The average Bonchev–Trinajstić information content (AvgIpc) is 2.59. The monoisotopic (exact) mass is 333 g/mol. The van der Waals surface area contributed by atoms with Gasteiger partial charge in [0.2, 0.25) is 0 Å². The number of nitrogens with one attached hydrogen (secondary N) is 1. The summed E-state index contributed by atoms with van der Waals surface area (Å²) >= 11 is 0. The third-order valence-corrected chi connectivity index (χ3v) is 4.45. The molecule has 5 nitrogen and oxygen atoms in total. The fraction of sp³-hybridized carbons (Fsp3) is 0.632. The molecule has 0 saturated carbocycles. The minimum atomic E-state index is 0.00215. The second kappa shape index (κ2) is 9.04. The highest BCUT2D eigenvalue weighted by Gasteiger charge is 2.22. The van der Waals surface area contributed by atoms with Crippen LogP contribution in [0.4, 0.5) is 5.69 Å². The van der Waals surface area contributed by atoms with Gasteiger partial charge < -0.3 is 15.0 Å². The molecule has 1 N–H and O–H groups in total. The van der Waals surface area contributed by atoms with E-state index in [1.165, 1.54) is 0 Å². The van der Waals surface area contributed by atoms with Crippen molar-refractivity contribution in [3.63, 3.8) is 0 Å². The van der Waals surface area contributed by atoms with Gasteiger partial charge in [-0.2, -0.15) is 0 Å². The molecule has 1 atom stereocenters. The summed E-state index contributed by atoms with van der Waals surface area (Å²) in [4.78, 5) is 16.9. The molecule has 1 saturated heterocycles. The highest BCUT2D eigenvalue weighted by atomic mass is 16.5. The van der Waals surface area contributed by atoms with Gasteiger partial charge in [-0.1, -0.05) is 13.8 Å². The lowest BCUT2D eigenvalue weighted by Crippen LogP contribution is -2.49. The van der Waals surface area contributed by atoms with Crippen LogP contribution in [0.5, 0.6) is 0 Å². The number of hydrogen-bond donors (Lipinski definition) is 1. The Morgan fingerprint density at radius 3 is 2.38 bits per heavy atom. The van der Waals surface area contributed by atoms with Crippen molar-refractivity contribution in [2.45, 2.75) is 26.3 Å². The fourth-order valence-electron chi connectivity index (χ4n) is 3.07. The van der Waals surface area contributed by atoms with Crippen LogP contribution in [0.3, 0.4) is 0 Å². The maximum atomic E-state index is 12.4. The zero-order chi connectivity index (χ0) is 17.5. The van der Waals surface area contributed by atoms with E-state index in [0.29, 0.717) is 24.1 Å². The van der Waals surface area contributed by atoms with Gasteiger partial charge in [0, 0.05) is 51.0 Å². The summed E-state index contributed by atoms with van der Waals surface area (Å²) in [5.74, 6) is 0.608. The molecule has 0 aromatic heterocycles. The number of benzene rings is 1. The highest BCUT2D eigenvalue weighted by molar-refractivity contribution is 5.94. The maximum Gasteiger partial charge on any atom is 0.251 e. The molecule has 0 bridgehead atoms. The highest BCUT2D eigenvalue weighted by Crippen LogP contribution is 2.14. The molecule has 1 amide bonds. The van der Waals surface area contributed by atoms with Crippen LogP contribution in [0.25, 0.3) is 0 Å². The molecular formula is C19H31N3O2. The van der Waals surface area contributed by atoms with E-state index in [1.54, 1.807) is 0 Å². The Bertz CT molecular complexity index is 508. The molecule has 1 aromatic rings. The molecule has 1 aliphatic rings.